The highest BCUT2D eigenvalue weighted by Gasteiger charge is 2.41. The van der Waals surface area contributed by atoms with Crippen molar-refractivity contribution >= 4 is 39.1 Å². The number of anilines is 1. The van der Waals surface area contributed by atoms with Crippen molar-refractivity contribution in [1.82, 2.24) is 9.88 Å². The van der Waals surface area contributed by atoms with Gasteiger partial charge in [0.15, 0.2) is 11.6 Å². The molecule has 0 unspecified atom stereocenters. The highest BCUT2D eigenvalue weighted by atomic mass is 32.1. The summed E-state index contributed by atoms with van der Waals surface area (Å²) >= 11 is 1.38. The van der Waals surface area contributed by atoms with Crippen LogP contribution in [0.2, 0.25) is 0 Å². The molecular weight excluding hydrogens is 426 g/mol. The second-order valence-corrected chi connectivity index (χ2v) is 8.32. The van der Waals surface area contributed by atoms with E-state index in [1.807, 2.05) is 24.3 Å². The third-order valence-electron chi connectivity index (χ3n) is 5.09. The Balaban J connectivity index is 1.46. The number of likely N-dealkylation sites (tertiary alicyclic amines) is 1. The Kier molecular flexibility index (Phi) is 5.73. The summed E-state index contributed by atoms with van der Waals surface area (Å²) in [7, 11) is 0. The number of thiazole rings is 1. The molecule has 0 saturated carbocycles. The first-order valence-corrected chi connectivity index (χ1v) is 10.5. The maximum atomic E-state index is 13.4. The lowest BCUT2D eigenvalue weighted by atomic mass is 10.1. The molecule has 1 aliphatic heterocycles. The van der Waals surface area contributed by atoms with Crippen molar-refractivity contribution in [2.24, 2.45) is 5.73 Å². The fraction of sp³-hybridized carbons (Fsp3) is 0.286. The zero-order valence-corrected chi connectivity index (χ0v) is 17.4. The summed E-state index contributed by atoms with van der Waals surface area (Å²) in [6, 6.07) is 9.23. The van der Waals surface area contributed by atoms with Crippen molar-refractivity contribution in [2.45, 2.75) is 31.5 Å². The number of carbonyl (C=O) groups excluding carboxylic acids is 2. The third kappa shape index (κ3) is 4.43. The van der Waals surface area contributed by atoms with Gasteiger partial charge in [0, 0.05) is 18.2 Å². The normalized spacial score (nSPS) is 19.4. The smallest absolute Gasteiger partial charge is 0.274 e. The van der Waals surface area contributed by atoms with Crippen LogP contribution in [-0.2, 0) is 9.59 Å². The molecule has 2 amide bonds. The minimum absolute atomic E-state index is 0.159. The molecule has 0 bridgehead atoms. The van der Waals surface area contributed by atoms with Gasteiger partial charge < -0.3 is 20.7 Å². The number of nitrogens with two attached hydrogens (primary N) is 1. The summed E-state index contributed by atoms with van der Waals surface area (Å²) in [5.74, 6) is -3.04. The van der Waals surface area contributed by atoms with E-state index >= 15 is 0 Å². The molecule has 0 spiro atoms. The first-order valence-electron chi connectivity index (χ1n) is 9.65. The molecule has 31 heavy (non-hydrogen) atoms. The van der Waals surface area contributed by atoms with E-state index < -0.39 is 41.6 Å². The first-order chi connectivity index (χ1) is 14.8. The van der Waals surface area contributed by atoms with Gasteiger partial charge in [-0.25, -0.2) is 13.8 Å². The van der Waals surface area contributed by atoms with Crippen LogP contribution in [0.3, 0.4) is 0 Å². The van der Waals surface area contributed by atoms with E-state index in [1.165, 1.54) is 22.3 Å². The molecule has 0 radical (unpaired) electrons. The number of halogens is 2. The van der Waals surface area contributed by atoms with Crippen LogP contribution in [-0.4, -0.2) is 46.4 Å². The average molecular weight is 446 g/mol. The Morgan fingerprint density at radius 3 is 2.74 bits per heavy atom. The van der Waals surface area contributed by atoms with Gasteiger partial charge in [0.2, 0.25) is 11.8 Å². The van der Waals surface area contributed by atoms with Crippen molar-refractivity contribution in [2.75, 3.05) is 11.9 Å². The molecule has 1 saturated heterocycles. The standard InChI is InChI=1S/C21H20F2N4O3S/c1-11(25-12-6-7-14(22)15(23)8-12)20(29)27-10-13(9-17(27)19(24)28)30-21-26-16-4-2-3-5-18(16)31-21/h2-8,11,13,17,25H,9-10H2,1H3,(H2,24,28)/t11-,13+,17-/m0/s1. The minimum atomic E-state index is -1.02. The summed E-state index contributed by atoms with van der Waals surface area (Å²) < 4.78 is 33.5. The molecule has 3 N–H and O–H groups in total. The summed E-state index contributed by atoms with van der Waals surface area (Å²) in [6.07, 6.45) is -0.202. The molecule has 1 aliphatic rings. The first kappa shape index (κ1) is 21.0. The summed E-state index contributed by atoms with van der Waals surface area (Å²) in [6.45, 7) is 1.73. The second kappa shape index (κ2) is 8.46. The van der Waals surface area contributed by atoms with Crippen molar-refractivity contribution in [3.63, 3.8) is 0 Å². The SMILES string of the molecule is C[C@H](Nc1ccc(F)c(F)c1)C(=O)N1C[C@H](Oc2nc3ccccc3s2)C[C@H]1C(N)=O. The van der Waals surface area contributed by atoms with Crippen LogP contribution >= 0.6 is 11.3 Å². The van der Waals surface area contributed by atoms with Gasteiger partial charge in [-0.2, -0.15) is 0 Å². The number of hydrogen-bond donors (Lipinski definition) is 2. The van der Waals surface area contributed by atoms with E-state index in [9.17, 15) is 18.4 Å². The molecule has 2 heterocycles. The van der Waals surface area contributed by atoms with Crippen molar-refractivity contribution in [1.29, 1.82) is 0 Å². The van der Waals surface area contributed by atoms with Gasteiger partial charge in [-0.05, 0) is 31.2 Å². The largest absolute Gasteiger partial charge is 0.465 e. The van der Waals surface area contributed by atoms with E-state index in [4.69, 9.17) is 10.5 Å². The molecule has 1 fully saturated rings. The van der Waals surface area contributed by atoms with Gasteiger partial charge in [0.25, 0.3) is 5.19 Å². The molecule has 3 aromatic rings. The minimum Gasteiger partial charge on any atom is -0.465 e. The molecule has 7 nitrogen and oxygen atoms in total. The number of nitrogens with one attached hydrogen (secondary N) is 1. The average Bonchev–Trinajstić information content (AvgIpc) is 3.34. The number of benzene rings is 2. The predicted molar refractivity (Wildman–Crippen MR) is 113 cm³/mol. The fourth-order valence-corrected chi connectivity index (χ4v) is 4.47. The zero-order chi connectivity index (χ0) is 22.1. The number of fused-ring (bicyclic) bond motifs is 1. The number of rotatable bonds is 6. The summed E-state index contributed by atoms with van der Waals surface area (Å²) in [5.41, 5.74) is 6.58. The van der Waals surface area contributed by atoms with E-state index in [2.05, 4.69) is 10.3 Å². The van der Waals surface area contributed by atoms with Crippen LogP contribution in [0, 0.1) is 11.6 Å². The molecule has 162 valence electrons. The number of primary amides is 1. The lowest BCUT2D eigenvalue weighted by Gasteiger charge is -2.26. The molecular formula is C21H20F2N4O3S. The molecule has 10 heteroatoms. The van der Waals surface area contributed by atoms with Crippen LogP contribution in [0.5, 0.6) is 5.19 Å². The summed E-state index contributed by atoms with van der Waals surface area (Å²) in [5, 5.41) is 3.28. The topological polar surface area (TPSA) is 97.6 Å². The third-order valence-corrected chi connectivity index (χ3v) is 6.02. The number of para-hydroxylation sites is 1. The molecule has 4 rings (SSSR count). The van der Waals surface area contributed by atoms with Crippen LogP contribution in [0.25, 0.3) is 10.2 Å². The lowest BCUT2D eigenvalue weighted by molar-refractivity contribution is -0.137. The predicted octanol–water partition coefficient (Wildman–Crippen LogP) is 2.91. The molecule has 2 aromatic carbocycles. The fourth-order valence-electron chi connectivity index (χ4n) is 3.59. The van der Waals surface area contributed by atoms with Crippen LogP contribution in [0.4, 0.5) is 14.5 Å². The number of ether oxygens (including phenoxy) is 1. The number of amides is 2. The Labute approximate surface area is 180 Å². The molecule has 1 aromatic heterocycles. The van der Waals surface area contributed by atoms with Gasteiger partial charge in [0.05, 0.1) is 16.8 Å². The van der Waals surface area contributed by atoms with Gasteiger partial charge >= 0.3 is 0 Å². The van der Waals surface area contributed by atoms with Gasteiger partial charge in [-0.15, -0.1) is 0 Å². The monoisotopic (exact) mass is 446 g/mol. The second-order valence-electron chi connectivity index (χ2n) is 7.33. The van der Waals surface area contributed by atoms with E-state index in [0.29, 0.717) is 5.19 Å². The van der Waals surface area contributed by atoms with Crippen molar-refractivity contribution in [3.05, 3.63) is 54.1 Å². The van der Waals surface area contributed by atoms with Gasteiger partial charge in [-0.3, -0.25) is 9.59 Å². The number of hydrogen-bond acceptors (Lipinski definition) is 6. The Morgan fingerprint density at radius 2 is 2.03 bits per heavy atom. The van der Waals surface area contributed by atoms with Crippen molar-refractivity contribution in [3.8, 4) is 5.19 Å². The van der Waals surface area contributed by atoms with Gasteiger partial charge in [0.1, 0.15) is 18.2 Å². The van der Waals surface area contributed by atoms with Crippen molar-refractivity contribution < 1.29 is 23.1 Å². The Hall–Kier alpha value is -3.27. The van der Waals surface area contributed by atoms with Gasteiger partial charge in [-0.1, -0.05) is 23.5 Å². The van der Waals surface area contributed by atoms with Crippen LogP contribution in [0.1, 0.15) is 13.3 Å². The van der Waals surface area contributed by atoms with E-state index in [0.717, 1.165) is 22.3 Å². The maximum Gasteiger partial charge on any atom is 0.274 e. The Morgan fingerprint density at radius 1 is 1.26 bits per heavy atom. The highest BCUT2D eigenvalue weighted by molar-refractivity contribution is 7.20. The maximum absolute atomic E-state index is 13.4. The quantitative estimate of drug-likeness (QED) is 0.607. The van der Waals surface area contributed by atoms with Crippen LogP contribution < -0.4 is 15.8 Å². The van der Waals surface area contributed by atoms with Crippen LogP contribution in [0.15, 0.2) is 42.5 Å². The Bertz CT molecular complexity index is 1110. The number of aromatic nitrogens is 1. The van der Waals surface area contributed by atoms with E-state index in [-0.39, 0.29) is 18.7 Å². The number of carbonyl (C=O) groups is 2. The zero-order valence-electron chi connectivity index (χ0n) is 16.5. The lowest BCUT2D eigenvalue weighted by Crippen LogP contribution is -2.48. The van der Waals surface area contributed by atoms with E-state index in [1.54, 1.807) is 6.92 Å². The highest BCUT2D eigenvalue weighted by Crippen LogP contribution is 2.31. The number of nitrogens with zero attached hydrogens (tertiary/aromatic N) is 2. The molecule has 3 atom stereocenters. The summed E-state index contributed by atoms with van der Waals surface area (Å²) in [4.78, 5) is 30.7. The molecule has 0 aliphatic carbocycles.